The molecule has 4 heteroatoms. The number of amides is 1. The first-order chi connectivity index (χ1) is 10.5. The Morgan fingerprint density at radius 2 is 1.91 bits per heavy atom. The van der Waals surface area contributed by atoms with E-state index in [2.05, 4.69) is 39.7 Å². The van der Waals surface area contributed by atoms with Gasteiger partial charge in [0.15, 0.2) is 5.69 Å². The topological polar surface area (TPSA) is 38.1 Å². The highest BCUT2D eigenvalue weighted by molar-refractivity contribution is 5.92. The van der Waals surface area contributed by atoms with Crippen LogP contribution in [0.5, 0.6) is 0 Å². The third-order valence-electron chi connectivity index (χ3n) is 5.66. The van der Waals surface area contributed by atoms with Crippen molar-refractivity contribution in [1.82, 2.24) is 14.7 Å². The van der Waals surface area contributed by atoms with Gasteiger partial charge in [0.25, 0.3) is 5.91 Å². The molecule has 124 valence electrons. The molecule has 1 saturated heterocycles. The Hall–Kier alpha value is -1.32. The summed E-state index contributed by atoms with van der Waals surface area (Å²) in [5.41, 5.74) is 2.03. The Kier molecular flexibility index (Phi) is 5.30. The van der Waals surface area contributed by atoms with Crippen molar-refractivity contribution in [3.63, 3.8) is 0 Å². The van der Waals surface area contributed by atoms with Crippen molar-refractivity contribution in [2.24, 2.45) is 5.41 Å². The molecule has 0 atom stereocenters. The second-order valence-electron chi connectivity index (χ2n) is 6.77. The molecule has 0 unspecified atom stereocenters. The number of carbonyl (C=O) groups is 1. The molecule has 1 aliphatic heterocycles. The van der Waals surface area contributed by atoms with Gasteiger partial charge < -0.3 is 4.90 Å². The Morgan fingerprint density at radius 1 is 1.27 bits per heavy atom. The zero-order chi connectivity index (χ0) is 16.3. The van der Waals surface area contributed by atoms with Crippen molar-refractivity contribution in [1.29, 1.82) is 0 Å². The molecule has 0 spiro atoms. The van der Waals surface area contributed by atoms with Gasteiger partial charge in [0, 0.05) is 18.8 Å². The Labute approximate surface area is 134 Å². The molecule has 1 fully saturated rings. The fourth-order valence-electron chi connectivity index (χ4n) is 3.69. The average Bonchev–Trinajstić information content (AvgIpc) is 3.13. The van der Waals surface area contributed by atoms with Crippen LogP contribution in [-0.4, -0.2) is 33.7 Å². The first kappa shape index (κ1) is 17.0. The highest BCUT2D eigenvalue weighted by Crippen LogP contribution is 2.37. The first-order valence-electron chi connectivity index (χ1n) is 8.85. The molecule has 0 saturated carbocycles. The van der Waals surface area contributed by atoms with Crippen molar-refractivity contribution in [2.45, 2.75) is 72.8 Å². The molecule has 0 aliphatic carbocycles. The van der Waals surface area contributed by atoms with E-state index >= 15 is 0 Å². The zero-order valence-corrected chi connectivity index (χ0v) is 14.9. The van der Waals surface area contributed by atoms with Gasteiger partial charge in [-0.05, 0) is 50.5 Å². The molecule has 2 rings (SSSR count). The third-order valence-corrected chi connectivity index (χ3v) is 5.66. The van der Waals surface area contributed by atoms with Crippen molar-refractivity contribution < 1.29 is 4.79 Å². The zero-order valence-electron chi connectivity index (χ0n) is 14.9. The van der Waals surface area contributed by atoms with E-state index in [0.717, 1.165) is 50.9 Å². The minimum Gasteiger partial charge on any atom is -0.337 e. The number of aromatic nitrogens is 2. The number of rotatable bonds is 6. The van der Waals surface area contributed by atoms with E-state index in [1.807, 2.05) is 15.6 Å². The Balaban J connectivity index is 2.16. The summed E-state index contributed by atoms with van der Waals surface area (Å²) in [5.74, 6) is 0.108. The smallest absolute Gasteiger partial charge is 0.274 e. The van der Waals surface area contributed by atoms with Crippen LogP contribution in [0.4, 0.5) is 0 Å². The molecule has 22 heavy (non-hydrogen) atoms. The molecule has 1 aliphatic rings. The van der Waals surface area contributed by atoms with Crippen molar-refractivity contribution in [3.8, 4) is 0 Å². The van der Waals surface area contributed by atoms with Gasteiger partial charge in [0.2, 0.25) is 0 Å². The van der Waals surface area contributed by atoms with Crippen LogP contribution in [0.1, 0.15) is 82.0 Å². The maximum atomic E-state index is 12.8. The molecule has 0 aromatic carbocycles. The van der Waals surface area contributed by atoms with Gasteiger partial charge >= 0.3 is 0 Å². The Morgan fingerprint density at radius 3 is 2.41 bits per heavy atom. The summed E-state index contributed by atoms with van der Waals surface area (Å²) in [6.07, 6.45) is 5.51. The lowest BCUT2D eigenvalue weighted by molar-refractivity contribution is 0.0762. The summed E-state index contributed by atoms with van der Waals surface area (Å²) in [7, 11) is 0. The van der Waals surface area contributed by atoms with E-state index in [9.17, 15) is 4.79 Å². The van der Waals surface area contributed by atoms with E-state index < -0.39 is 0 Å². The van der Waals surface area contributed by atoms with Gasteiger partial charge in [0.1, 0.15) is 0 Å². The maximum absolute atomic E-state index is 12.8. The second-order valence-corrected chi connectivity index (χ2v) is 6.77. The minimum atomic E-state index is 0.108. The van der Waals surface area contributed by atoms with Gasteiger partial charge in [-0.1, -0.05) is 27.7 Å². The lowest BCUT2D eigenvalue weighted by atomic mass is 9.82. The van der Waals surface area contributed by atoms with Gasteiger partial charge in [-0.25, -0.2) is 0 Å². The van der Waals surface area contributed by atoms with E-state index in [-0.39, 0.29) is 5.91 Å². The van der Waals surface area contributed by atoms with E-state index in [1.54, 1.807) is 0 Å². The third kappa shape index (κ3) is 3.06. The average molecular weight is 305 g/mol. The lowest BCUT2D eigenvalue weighted by Crippen LogP contribution is -2.32. The molecule has 2 heterocycles. The summed E-state index contributed by atoms with van der Waals surface area (Å²) in [4.78, 5) is 14.8. The van der Waals surface area contributed by atoms with Crippen LogP contribution in [-0.2, 0) is 0 Å². The number of likely N-dealkylation sites (tertiary alicyclic amines) is 1. The highest BCUT2D eigenvalue weighted by atomic mass is 16.2. The number of hydrogen-bond donors (Lipinski definition) is 0. The van der Waals surface area contributed by atoms with Crippen LogP contribution < -0.4 is 0 Å². The van der Waals surface area contributed by atoms with Crippen LogP contribution in [0.25, 0.3) is 0 Å². The van der Waals surface area contributed by atoms with Crippen LogP contribution in [0.15, 0.2) is 6.07 Å². The summed E-state index contributed by atoms with van der Waals surface area (Å²) in [6.45, 7) is 12.6. The molecular weight excluding hydrogens is 274 g/mol. The summed E-state index contributed by atoms with van der Waals surface area (Å²) < 4.78 is 2.04. The molecule has 1 amide bonds. The predicted octanol–water partition coefficient (Wildman–Crippen LogP) is 4.20. The van der Waals surface area contributed by atoms with Crippen molar-refractivity contribution >= 4 is 5.91 Å². The number of hydrogen-bond acceptors (Lipinski definition) is 2. The monoisotopic (exact) mass is 305 g/mol. The van der Waals surface area contributed by atoms with Crippen molar-refractivity contribution in [3.05, 3.63) is 17.5 Å². The largest absolute Gasteiger partial charge is 0.337 e. The second kappa shape index (κ2) is 6.84. The van der Waals surface area contributed by atoms with Gasteiger partial charge in [-0.3, -0.25) is 9.48 Å². The van der Waals surface area contributed by atoms with E-state index in [4.69, 9.17) is 0 Å². The van der Waals surface area contributed by atoms with Crippen molar-refractivity contribution in [2.75, 3.05) is 13.1 Å². The minimum absolute atomic E-state index is 0.108. The Bertz CT molecular complexity index is 512. The van der Waals surface area contributed by atoms with Gasteiger partial charge in [0.05, 0.1) is 6.04 Å². The summed E-state index contributed by atoms with van der Waals surface area (Å²) in [6, 6.07) is 2.35. The van der Waals surface area contributed by atoms with Crippen LogP contribution in [0.2, 0.25) is 0 Å². The SMILES string of the molecule is CCC(CC)n1nc(C(=O)N2CCC(CC)(CC)C2)cc1C. The van der Waals surface area contributed by atoms with Gasteiger partial charge in [-0.15, -0.1) is 0 Å². The summed E-state index contributed by atoms with van der Waals surface area (Å²) >= 11 is 0. The fraction of sp³-hybridized carbons (Fsp3) is 0.778. The predicted molar refractivity (Wildman–Crippen MR) is 90.1 cm³/mol. The van der Waals surface area contributed by atoms with E-state index in [1.165, 1.54) is 0 Å². The molecule has 0 N–H and O–H groups in total. The normalized spacial score (nSPS) is 17.5. The number of aryl methyl sites for hydroxylation is 1. The molecule has 4 nitrogen and oxygen atoms in total. The van der Waals surface area contributed by atoms with Crippen LogP contribution in [0, 0.1) is 12.3 Å². The lowest BCUT2D eigenvalue weighted by Gasteiger charge is -2.26. The maximum Gasteiger partial charge on any atom is 0.274 e. The number of carbonyl (C=O) groups excluding carboxylic acids is 1. The summed E-state index contributed by atoms with van der Waals surface area (Å²) in [5, 5.41) is 4.62. The number of nitrogens with zero attached hydrogens (tertiary/aromatic N) is 3. The van der Waals surface area contributed by atoms with Crippen LogP contribution in [0.3, 0.4) is 0 Å². The fourth-order valence-corrected chi connectivity index (χ4v) is 3.69. The molecule has 1 aromatic heterocycles. The van der Waals surface area contributed by atoms with Crippen LogP contribution >= 0.6 is 0 Å². The molecular formula is C18H31N3O. The van der Waals surface area contributed by atoms with Gasteiger partial charge in [-0.2, -0.15) is 5.10 Å². The molecule has 0 bridgehead atoms. The standard InChI is InChI=1S/C18H31N3O/c1-6-15(7-2)21-14(5)12-16(19-21)17(22)20-11-10-18(8-3,9-4)13-20/h12,15H,6-11,13H2,1-5H3. The molecule has 0 radical (unpaired) electrons. The quantitative estimate of drug-likeness (QED) is 0.790. The highest BCUT2D eigenvalue weighted by Gasteiger charge is 2.37. The molecule has 1 aromatic rings. The van der Waals surface area contributed by atoms with E-state index in [0.29, 0.717) is 17.2 Å². The first-order valence-corrected chi connectivity index (χ1v) is 8.85.